The summed E-state index contributed by atoms with van der Waals surface area (Å²) in [6.45, 7) is 0. The van der Waals surface area contributed by atoms with Gasteiger partial charge in [-0.1, -0.05) is 37.8 Å². The van der Waals surface area contributed by atoms with Crippen LogP contribution in [0.1, 0.15) is 7.43 Å². The van der Waals surface area contributed by atoms with Crippen LogP contribution in [0, 0.1) is 6.39 Å². The molecule has 0 spiro atoms. The van der Waals surface area contributed by atoms with E-state index in [2.05, 4.69) is 16.4 Å². The first-order chi connectivity index (χ1) is 8.93. The van der Waals surface area contributed by atoms with Crippen LogP contribution in [-0.4, -0.2) is 9.97 Å². The van der Waals surface area contributed by atoms with Crippen LogP contribution in [0.4, 0.5) is 0 Å². The molecule has 4 aromatic rings. The van der Waals surface area contributed by atoms with Gasteiger partial charge < -0.3 is 13.8 Å². The molecule has 0 unspecified atom stereocenters. The van der Waals surface area contributed by atoms with Crippen LogP contribution in [0.25, 0.3) is 22.2 Å². The van der Waals surface area contributed by atoms with Crippen molar-refractivity contribution >= 4 is 22.2 Å². The zero-order chi connectivity index (χ0) is 12.2. The van der Waals surface area contributed by atoms with Crippen LogP contribution in [0.15, 0.2) is 63.8 Å². The number of benzene rings is 2. The van der Waals surface area contributed by atoms with E-state index in [1.165, 1.54) is 6.39 Å². The average Bonchev–Trinajstić information content (AvgIpc) is 3.08. The Bertz CT molecular complexity index is 638. The third-order valence-corrected chi connectivity index (χ3v) is 2.42. The second kappa shape index (κ2) is 7.54. The third-order valence-electron chi connectivity index (χ3n) is 2.42. The molecule has 20 heavy (non-hydrogen) atoms. The smallest absolute Gasteiger partial charge is 0.573 e. The Balaban J connectivity index is 0.000000182. The van der Waals surface area contributed by atoms with Gasteiger partial charge in [-0.05, 0) is 23.2 Å². The molecule has 0 aliphatic heterocycles. The predicted molar refractivity (Wildman–Crippen MR) is 73.6 cm³/mol. The van der Waals surface area contributed by atoms with E-state index >= 15 is 0 Å². The standard InChI is InChI=1S/C7H5NO.C7H4NO.CH4.Li/c2*1-2-4-7-6(3-1)8-5-9-7;;/h1-5H;1-4H;1H4;/q;-1;;+1. The van der Waals surface area contributed by atoms with Gasteiger partial charge in [0.05, 0.1) is 0 Å². The van der Waals surface area contributed by atoms with Gasteiger partial charge in [0, 0.05) is 0 Å². The van der Waals surface area contributed by atoms with Crippen LogP contribution in [0.2, 0.25) is 0 Å². The molecule has 2 aromatic carbocycles. The number of aromatic nitrogens is 2. The Kier molecular flexibility index (Phi) is 6.04. The first-order valence-corrected chi connectivity index (χ1v) is 5.43. The quantitative estimate of drug-likeness (QED) is 0.351. The van der Waals surface area contributed by atoms with Crippen molar-refractivity contribution in [1.29, 1.82) is 0 Å². The van der Waals surface area contributed by atoms with Gasteiger partial charge in [0.15, 0.2) is 12.0 Å². The minimum Gasteiger partial charge on any atom is -0.573 e. The average molecular weight is 260 g/mol. The van der Waals surface area contributed by atoms with Gasteiger partial charge in [-0.3, -0.25) is 0 Å². The fourth-order valence-electron chi connectivity index (χ4n) is 1.56. The fourth-order valence-corrected chi connectivity index (χ4v) is 1.56. The van der Waals surface area contributed by atoms with Crippen LogP contribution in [0.5, 0.6) is 0 Å². The Labute approximate surface area is 129 Å². The molecular formula is C15H13LiN2O2. The number of fused-ring (bicyclic) bond motifs is 2. The van der Waals surface area contributed by atoms with Gasteiger partial charge in [0.1, 0.15) is 11.9 Å². The van der Waals surface area contributed by atoms with E-state index in [4.69, 9.17) is 8.83 Å². The van der Waals surface area contributed by atoms with E-state index in [-0.39, 0.29) is 26.3 Å². The largest absolute Gasteiger partial charge is 1.00 e. The second-order valence-electron chi connectivity index (χ2n) is 3.59. The van der Waals surface area contributed by atoms with Crippen LogP contribution in [-0.2, 0) is 0 Å². The van der Waals surface area contributed by atoms with Gasteiger partial charge in [0.2, 0.25) is 0 Å². The summed E-state index contributed by atoms with van der Waals surface area (Å²) in [5.74, 6) is 0. The second-order valence-corrected chi connectivity index (χ2v) is 3.59. The van der Waals surface area contributed by atoms with Crippen molar-refractivity contribution in [3.8, 4) is 0 Å². The molecular weight excluding hydrogens is 247 g/mol. The molecule has 0 saturated heterocycles. The Morgan fingerprint density at radius 3 is 2.20 bits per heavy atom. The summed E-state index contributed by atoms with van der Waals surface area (Å²) < 4.78 is 9.89. The number of hydrogen-bond acceptors (Lipinski definition) is 4. The molecule has 4 nitrogen and oxygen atoms in total. The van der Waals surface area contributed by atoms with E-state index < -0.39 is 0 Å². The van der Waals surface area contributed by atoms with E-state index in [0.29, 0.717) is 0 Å². The van der Waals surface area contributed by atoms with Crippen molar-refractivity contribution in [3.63, 3.8) is 0 Å². The van der Waals surface area contributed by atoms with Crippen molar-refractivity contribution in [2.75, 3.05) is 0 Å². The van der Waals surface area contributed by atoms with Gasteiger partial charge in [-0.2, -0.15) is 0 Å². The summed E-state index contributed by atoms with van der Waals surface area (Å²) in [6.07, 6.45) is 3.86. The number of oxazole rings is 2. The van der Waals surface area contributed by atoms with Crippen LogP contribution in [0.3, 0.4) is 0 Å². The Morgan fingerprint density at radius 2 is 1.50 bits per heavy atom. The molecule has 0 aliphatic carbocycles. The predicted octanol–water partition coefficient (Wildman–Crippen LogP) is 1.10. The minimum atomic E-state index is 0. The Morgan fingerprint density at radius 1 is 0.850 bits per heavy atom. The van der Waals surface area contributed by atoms with Crippen molar-refractivity contribution in [2.24, 2.45) is 0 Å². The number of rotatable bonds is 0. The van der Waals surface area contributed by atoms with E-state index in [9.17, 15) is 0 Å². The summed E-state index contributed by atoms with van der Waals surface area (Å²) in [4.78, 5) is 7.78. The molecule has 2 heterocycles. The molecule has 0 bridgehead atoms. The normalized spacial score (nSPS) is 9.20. The van der Waals surface area contributed by atoms with Gasteiger partial charge in [0.25, 0.3) is 0 Å². The summed E-state index contributed by atoms with van der Waals surface area (Å²) in [7, 11) is 0. The molecule has 2 aromatic heterocycles. The third kappa shape index (κ3) is 3.51. The van der Waals surface area contributed by atoms with Crippen LogP contribution < -0.4 is 18.9 Å². The van der Waals surface area contributed by atoms with E-state index in [1.807, 2.05) is 48.5 Å². The molecule has 96 valence electrons. The van der Waals surface area contributed by atoms with Gasteiger partial charge >= 0.3 is 18.9 Å². The minimum absolute atomic E-state index is 0. The van der Waals surface area contributed by atoms with E-state index in [1.54, 1.807) is 0 Å². The maximum atomic E-state index is 5.01. The first kappa shape index (κ1) is 16.0. The monoisotopic (exact) mass is 260 g/mol. The maximum absolute atomic E-state index is 5.01. The van der Waals surface area contributed by atoms with E-state index in [0.717, 1.165) is 22.2 Å². The molecule has 0 atom stereocenters. The zero-order valence-corrected chi connectivity index (χ0v) is 10.4. The van der Waals surface area contributed by atoms with Gasteiger partial charge in [-0.25, -0.2) is 4.98 Å². The topological polar surface area (TPSA) is 52.1 Å². The van der Waals surface area contributed by atoms with Crippen molar-refractivity contribution in [1.82, 2.24) is 9.97 Å². The number of hydrogen-bond donors (Lipinski definition) is 0. The Hall–Kier alpha value is -2.02. The molecule has 0 radical (unpaired) electrons. The molecule has 0 N–H and O–H groups in total. The SMILES string of the molecule is C.[Li+].[c-]1nc2ccccc2o1.c1ccc2ocnc2c1. The van der Waals surface area contributed by atoms with Crippen molar-refractivity contribution in [2.45, 2.75) is 7.43 Å². The summed E-state index contributed by atoms with van der Waals surface area (Å²) in [5.41, 5.74) is 3.41. The summed E-state index contributed by atoms with van der Waals surface area (Å²) in [6, 6.07) is 15.2. The molecule has 0 fully saturated rings. The summed E-state index contributed by atoms with van der Waals surface area (Å²) >= 11 is 0. The molecule has 0 saturated carbocycles. The van der Waals surface area contributed by atoms with Crippen molar-refractivity contribution < 1.29 is 27.7 Å². The van der Waals surface area contributed by atoms with Crippen LogP contribution >= 0.6 is 0 Å². The molecule has 0 aliphatic rings. The fraction of sp³-hybridized carbons (Fsp3) is 0.0667. The maximum Gasteiger partial charge on any atom is 1.00 e. The summed E-state index contributed by atoms with van der Waals surface area (Å²) in [5, 5.41) is 0. The first-order valence-electron chi connectivity index (χ1n) is 5.43. The molecule has 4 rings (SSSR count). The van der Waals surface area contributed by atoms with Gasteiger partial charge in [-0.15, -0.1) is 6.07 Å². The number of nitrogens with zero attached hydrogens (tertiary/aromatic N) is 2. The molecule has 0 amide bonds. The zero-order valence-electron chi connectivity index (χ0n) is 10.4. The molecule has 5 heteroatoms. The van der Waals surface area contributed by atoms with Crippen molar-refractivity contribution in [3.05, 3.63) is 61.3 Å². The number of para-hydroxylation sites is 4.